The van der Waals surface area contributed by atoms with Crippen molar-refractivity contribution in [3.05, 3.63) is 18.0 Å². The van der Waals surface area contributed by atoms with Gasteiger partial charge in [-0.1, -0.05) is 13.8 Å². The van der Waals surface area contributed by atoms with Crippen LogP contribution in [0.4, 0.5) is 5.82 Å². The van der Waals surface area contributed by atoms with Gasteiger partial charge in [0.25, 0.3) is 0 Å². The molecule has 1 amide bonds. The molecule has 0 radical (unpaired) electrons. The number of aryl methyl sites for hydroxylation is 1. The largest absolute Gasteiger partial charge is 0.493 e. The number of rotatable bonds is 13. The van der Waals surface area contributed by atoms with Crippen molar-refractivity contribution in [2.45, 2.75) is 40.0 Å². The van der Waals surface area contributed by atoms with Gasteiger partial charge in [-0.05, 0) is 25.7 Å². The number of unbranched alkanes of at least 4 members (excludes halogenated alkanes) is 1. The van der Waals surface area contributed by atoms with Gasteiger partial charge in [0.1, 0.15) is 12.4 Å². The molecule has 1 aromatic carbocycles. The predicted molar refractivity (Wildman–Crippen MR) is 143 cm³/mol. The van der Waals surface area contributed by atoms with E-state index in [1.807, 2.05) is 37.3 Å². The van der Waals surface area contributed by atoms with Crippen LogP contribution in [0, 0.1) is 12.8 Å². The van der Waals surface area contributed by atoms with E-state index < -0.39 is 0 Å². The number of hydrogen-bond donors (Lipinski definition) is 2. The highest BCUT2D eigenvalue weighted by molar-refractivity contribution is 5.86. The molecular formula is C26H39N7O4. The predicted octanol–water partition coefficient (Wildman–Crippen LogP) is 2.66. The molecule has 0 saturated carbocycles. The Labute approximate surface area is 217 Å². The first kappa shape index (κ1) is 26.9. The standard InChI is InChI=1S/C26H39N7O4/c1-18(2)15-24(34)27-7-5-6-8-28-25-26-31-30-19(3)33(26)21-17-22(35-4)23(16-20(21)29-25)37-14-11-32-9-12-36-13-10-32/h16-18H,5-15H2,1-4H3,(H,27,34)(H,28,29). The zero-order valence-corrected chi connectivity index (χ0v) is 22.4. The number of fused-ring (bicyclic) bond motifs is 3. The number of morpholine rings is 1. The normalized spacial score (nSPS) is 14.4. The number of benzene rings is 1. The smallest absolute Gasteiger partial charge is 0.220 e. The lowest BCUT2D eigenvalue weighted by Crippen LogP contribution is -2.38. The average Bonchev–Trinajstić information content (AvgIpc) is 3.27. The highest BCUT2D eigenvalue weighted by Gasteiger charge is 2.17. The number of carbonyl (C=O) groups excluding carboxylic acids is 1. The average molecular weight is 514 g/mol. The van der Waals surface area contributed by atoms with Gasteiger partial charge in [0, 0.05) is 51.3 Å². The van der Waals surface area contributed by atoms with Crippen LogP contribution in [0.25, 0.3) is 16.7 Å². The highest BCUT2D eigenvalue weighted by Crippen LogP contribution is 2.33. The second kappa shape index (κ2) is 12.9. The van der Waals surface area contributed by atoms with Crippen molar-refractivity contribution in [3.63, 3.8) is 0 Å². The second-order valence-corrected chi connectivity index (χ2v) is 9.74. The first-order valence-electron chi connectivity index (χ1n) is 13.1. The van der Waals surface area contributed by atoms with Crippen molar-refractivity contribution in [1.29, 1.82) is 0 Å². The van der Waals surface area contributed by atoms with Gasteiger partial charge in [-0.15, -0.1) is 10.2 Å². The molecule has 11 nitrogen and oxygen atoms in total. The summed E-state index contributed by atoms with van der Waals surface area (Å²) in [5, 5.41) is 15.0. The van der Waals surface area contributed by atoms with Crippen LogP contribution in [0.5, 0.6) is 11.5 Å². The minimum Gasteiger partial charge on any atom is -0.493 e. The molecule has 37 heavy (non-hydrogen) atoms. The molecule has 2 aromatic heterocycles. The Morgan fingerprint density at radius 3 is 2.68 bits per heavy atom. The molecule has 11 heteroatoms. The molecule has 3 aromatic rings. The third-order valence-corrected chi connectivity index (χ3v) is 6.35. The van der Waals surface area contributed by atoms with Crippen molar-refractivity contribution < 1.29 is 19.0 Å². The fraction of sp³-hybridized carbons (Fsp3) is 0.615. The molecular weight excluding hydrogens is 474 g/mol. The number of ether oxygens (including phenoxy) is 3. The molecule has 1 aliphatic heterocycles. The summed E-state index contributed by atoms with van der Waals surface area (Å²) in [7, 11) is 1.64. The minimum absolute atomic E-state index is 0.109. The topological polar surface area (TPSA) is 115 Å². The van der Waals surface area contributed by atoms with Crippen LogP contribution < -0.4 is 20.1 Å². The molecule has 4 rings (SSSR count). The lowest BCUT2D eigenvalue weighted by Gasteiger charge is -2.26. The molecule has 0 atom stereocenters. The molecule has 3 heterocycles. The van der Waals surface area contributed by atoms with E-state index in [9.17, 15) is 4.79 Å². The summed E-state index contributed by atoms with van der Waals surface area (Å²) >= 11 is 0. The Morgan fingerprint density at radius 2 is 1.92 bits per heavy atom. The summed E-state index contributed by atoms with van der Waals surface area (Å²) in [5.74, 6) is 3.21. The number of carbonyl (C=O) groups is 1. The van der Waals surface area contributed by atoms with Crippen LogP contribution in [0.2, 0.25) is 0 Å². The minimum atomic E-state index is 0.109. The quantitative estimate of drug-likeness (QED) is 0.333. The number of methoxy groups -OCH3 is 1. The Balaban J connectivity index is 1.44. The summed E-state index contributed by atoms with van der Waals surface area (Å²) < 4.78 is 19.2. The number of amides is 1. The Hall–Kier alpha value is -3.18. The number of nitrogens with zero attached hydrogens (tertiary/aromatic N) is 5. The monoisotopic (exact) mass is 513 g/mol. The molecule has 202 valence electrons. The second-order valence-electron chi connectivity index (χ2n) is 9.74. The maximum atomic E-state index is 11.8. The van der Waals surface area contributed by atoms with Crippen molar-refractivity contribution in [1.82, 2.24) is 29.8 Å². The van der Waals surface area contributed by atoms with Crippen LogP contribution in [-0.2, 0) is 9.53 Å². The number of aromatic nitrogens is 4. The van der Waals surface area contributed by atoms with Crippen molar-refractivity contribution in [3.8, 4) is 11.5 Å². The number of hydrogen-bond acceptors (Lipinski definition) is 9. The van der Waals surface area contributed by atoms with E-state index in [2.05, 4.69) is 25.7 Å². The van der Waals surface area contributed by atoms with E-state index in [1.54, 1.807) is 7.11 Å². The Kier molecular flexibility index (Phi) is 9.34. The Morgan fingerprint density at radius 1 is 1.14 bits per heavy atom. The van der Waals surface area contributed by atoms with Crippen molar-refractivity contribution >= 4 is 28.4 Å². The summed E-state index contributed by atoms with van der Waals surface area (Å²) in [6, 6.07) is 3.85. The van der Waals surface area contributed by atoms with Crippen LogP contribution in [0.1, 0.15) is 38.9 Å². The molecule has 0 bridgehead atoms. The zero-order chi connectivity index (χ0) is 26.2. The van der Waals surface area contributed by atoms with E-state index in [0.29, 0.717) is 55.0 Å². The van der Waals surface area contributed by atoms with E-state index in [-0.39, 0.29) is 5.91 Å². The molecule has 1 fully saturated rings. The van der Waals surface area contributed by atoms with Crippen LogP contribution in [0.3, 0.4) is 0 Å². The highest BCUT2D eigenvalue weighted by atomic mass is 16.5. The first-order valence-corrected chi connectivity index (χ1v) is 13.1. The molecule has 1 aliphatic rings. The summed E-state index contributed by atoms with van der Waals surface area (Å²) in [6.45, 7) is 12.1. The van der Waals surface area contributed by atoms with E-state index in [4.69, 9.17) is 19.2 Å². The fourth-order valence-corrected chi connectivity index (χ4v) is 4.41. The van der Waals surface area contributed by atoms with E-state index in [1.165, 1.54) is 0 Å². The summed E-state index contributed by atoms with van der Waals surface area (Å²) in [6.07, 6.45) is 2.33. The van der Waals surface area contributed by atoms with Gasteiger partial charge in [0.2, 0.25) is 11.6 Å². The van der Waals surface area contributed by atoms with E-state index in [0.717, 1.165) is 62.5 Å². The van der Waals surface area contributed by atoms with Gasteiger partial charge in [0.05, 0.1) is 31.4 Å². The third-order valence-electron chi connectivity index (χ3n) is 6.35. The van der Waals surface area contributed by atoms with Crippen molar-refractivity contribution in [2.75, 3.05) is 65.0 Å². The van der Waals surface area contributed by atoms with Gasteiger partial charge in [-0.3, -0.25) is 14.1 Å². The fourth-order valence-electron chi connectivity index (χ4n) is 4.41. The van der Waals surface area contributed by atoms with Gasteiger partial charge in [-0.2, -0.15) is 0 Å². The van der Waals surface area contributed by atoms with Crippen LogP contribution in [0.15, 0.2) is 12.1 Å². The molecule has 0 aliphatic carbocycles. The molecule has 0 spiro atoms. The summed E-state index contributed by atoms with van der Waals surface area (Å²) in [4.78, 5) is 19.0. The lowest BCUT2D eigenvalue weighted by molar-refractivity contribution is -0.121. The molecule has 1 saturated heterocycles. The van der Waals surface area contributed by atoms with Gasteiger partial charge in [0.15, 0.2) is 17.3 Å². The van der Waals surface area contributed by atoms with Crippen molar-refractivity contribution in [2.24, 2.45) is 5.92 Å². The van der Waals surface area contributed by atoms with Crippen LogP contribution >= 0.6 is 0 Å². The third kappa shape index (κ3) is 6.98. The summed E-state index contributed by atoms with van der Waals surface area (Å²) in [5.41, 5.74) is 2.28. The molecule has 2 N–H and O–H groups in total. The number of nitrogens with one attached hydrogen (secondary N) is 2. The lowest BCUT2D eigenvalue weighted by atomic mass is 10.1. The first-order chi connectivity index (χ1) is 18.0. The Bertz CT molecular complexity index is 1190. The van der Waals surface area contributed by atoms with E-state index >= 15 is 0 Å². The maximum Gasteiger partial charge on any atom is 0.220 e. The molecule has 0 unspecified atom stereocenters. The van der Waals surface area contributed by atoms with Crippen LogP contribution in [-0.4, -0.2) is 90.0 Å². The van der Waals surface area contributed by atoms with Gasteiger partial charge in [-0.25, -0.2) is 4.98 Å². The SMILES string of the molecule is COc1cc2c(cc1OCCN1CCOCC1)nc(NCCCCNC(=O)CC(C)C)c1nnc(C)n12. The van der Waals surface area contributed by atoms with Gasteiger partial charge < -0.3 is 24.8 Å². The van der Waals surface area contributed by atoms with Gasteiger partial charge >= 0.3 is 0 Å². The zero-order valence-electron chi connectivity index (χ0n) is 22.4. The maximum absolute atomic E-state index is 11.8. The number of anilines is 1.